The van der Waals surface area contributed by atoms with E-state index in [0.717, 1.165) is 23.7 Å². The van der Waals surface area contributed by atoms with Gasteiger partial charge < -0.3 is 9.13 Å². The fourth-order valence-electron chi connectivity index (χ4n) is 13.6. The third-order valence-corrected chi connectivity index (χ3v) is 15.7. The van der Waals surface area contributed by atoms with Crippen molar-refractivity contribution in [2.24, 2.45) is 23.7 Å². The van der Waals surface area contributed by atoms with Crippen LogP contribution in [0.4, 0.5) is 0 Å². The molecule has 2 aromatic heterocycles. The molecule has 4 saturated carbocycles. The second-order valence-corrected chi connectivity index (χ2v) is 18.5. The number of fused-ring (bicyclic) bond motifs is 9. The first-order valence-corrected chi connectivity index (χ1v) is 22.2. The van der Waals surface area contributed by atoms with Gasteiger partial charge in [0.15, 0.2) is 0 Å². The minimum absolute atomic E-state index is 0.188. The van der Waals surface area contributed by atoms with Crippen LogP contribution in [0.2, 0.25) is 0 Å². The summed E-state index contributed by atoms with van der Waals surface area (Å²) in [4.78, 5) is 0. The third kappa shape index (κ3) is 4.44. The summed E-state index contributed by atoms with van der Waals surface area (Å²) in [7, 11) is 0. The Kier molecular flexibility index (Phi) is 6.76. The van der Waals surface area contributed by atoms with Gasteiger partial charge >= 0.3 is 0 Å². The van der Waals surface area contributed by atoms with Gasteiger partial charge in [-0.2, -0.15) is 0 Å². The van der Waals surface area contributed by atoms with Gasteiger partial charge in [0.05, 0.1) is 22.1 Å². The molecule has 5 aliphatic carbocycles. The summed E-state index contributed by atoms with van der Waals surface area (Å²) >= 11 is 0. The maximum absolute atomic E-state index is 2.56. The fourth-order valence-corrected chi connectivity index (χ4v) is 13.6. The zero-order chi connectivity index (χ0) is 39.1. The first kappa shape index (κ1) is 33.2. The number of para-hydroxylation sites is 2. The largest absolute Gasteiger partial charge is 0.309 e. The normalized spacial score (nSPS) is 22.4. The van der Waals surface area contributed by atoms with Crippen molar-refractivity contribution in [3.8, 4) is 44.8 Å². The Morgan fingerprint density at radius 2 is 0.850 bits per heavy atom. The highest BCUT2D eigenvalue weighted by Crippen LogP contribution is 2.69. The highest BCUT2D eigenvalue weighted by molar-refractivity contribution is 6.13. The van der Waals surface area contributed by atoms with Crippen LogP contribution in [0.3, 0.4) is 0 Å². The second-order valence-electron chi connectivity index (χ2n) is 18.5. The van der Waals surface area contributed by atoms with Crippen LogP contribution in [0.1, 0.15) is 43.2 Å². The summed E-state index contributed by atoms with van der Waals surface area (Å²) in [5.41, 5.74) is 18.7. The van der Waals surface area contributed by atoms with E-state index in [0.29, 0.717) is 0 Å². The Morgan fingerprint density at radius 1 is 0.333 bits per heavy atom. The lowest BCUT2D eigenvalue weighted by Crippen LogP contribution is -2.55. The Bertz CT molecular complexity index is 3370. The molecular formula is C58H44N2. The maximum Gasteiger partial charge on any atom is 0.0541 e. The highest BCUT2D eigenvalue weighted by atomic mass is 15.0. The fraction of sp³-hybridized carbons (Fsp3) is 0.172. The van der Waals surface area contributed by atoms with E-state index in [9.17, 15) is 0 Å². The van der Waals surface area contributed by atoms with Crippen molar-refractivity contribution in [3.05, 3.63) is 193 Å². The zero-order valence-electron chi connectivity index (χ0n) is 33.6. The lowest BCUT2D eigenvalue weighted by Gasteiger charge is -2.61. The third-order valence-electron chi connectivity index (χ3n) is 15.7. The summed E-state index contributed by atoms with van der Waals surface area (Å²) in [6.45, 7) is 0. The lowest BCUT2D eigenvalue weighted by molar-refractivity contribution is -0.0399. The summed E-state index contributed by atoms with van der Waals surface area (Å²) in [6.07, 6.45) is 7.13. The van der Waals surface area contributed by atoms with Crippen molar-refractivity contribution in [1.82, 2.24) is 9.13 Å². The molecule has 0 radical (unpaired) electrons. The number of hydrogen-bond donors (Lipinski definition) is 0. The molecule has 286 valence electrons. The smallest absolute Gasteiger partial charge is 0.0541 e. The van der Waals surface area contributed by atoms with E-state index in [1.807, 2.05) is 0 Å². The van der Waals surface area contributed by atoms with Crippen LogP contribution >= 0.6 is 0 Å². The standard InChI is InChI=1S/C58H44N2/c1-2-11-38(12-3-1)39-13-10-14-44(32-39)59-54-19-8-5-16-47(54)50-33-40(21-25-56(50)59)41-22-26-57-51(34-41)48-17-6-9-20-55(48)60(57)45-23-24-53-49(35-45)46-15-4-7-18-52(46)58(53)42-28-36-27-37(30-42)31-43(58)29-36/h1-26,32-37,42-43H,27-31H2. The molecule has 5 aliphatic rings. The molecule has 0 aliphatic heterocycles. The molecule has 4 bridgehead atoms. The molecule has 0 saturated heterocycles. The van der Waals surface area contributed by atoms with Crippen LogP contribution in [0.25, 0.3) is 88.4 Å². The molecule has 2 heterocycles. The van der Waals surface area contributed by atoms with Gasteiger partial charge in [0.25, 0.3) is 0 Å². The van der Waals surface area contributed by atoms with E-state index in [1.165, 1.54) is 120 Å². The Labute approximate surface area is 350 Å². The van der Waals surface area contributed by atoms with Crippen molar-refractivity contribution in [2.75, 3.05) is 0 Å². The molecule has 2 nitrogen and oxygen atoms in total. The minimum atomic E-state index is 0.188. The van der Waals surface area contributed by atoms with Crippen LogP contribution in [0.15, 0.2) is 182 Å². The summed E-state index contributed by atoms with van der Waals surface area (Å²) < 4.78 is 4.96. The van der Waals surface area contributed by atoms with Crippen LogP contribution in [-0.2, 0) is 5.41 Å². The molecule has 0 N–H and O–H groups in total. The summed E-state index contributed by atoms with van der Waals surface area (Å²) in [5, 5.41) is 5.13. The predicted octanol–water partition coefficient (Wildman–Crippen LogP) is 14.9. The quantitative estimate of drug-likeness (QED) is 0.169. The SMILES string of the molecule is c1ccc(-c2cccc(-n3c4ccccc4c4cc(-c5ccc6c(c5)c5ccccc5n6-c5ccc6c(c5)-c5ccccc5C65C6CC7CC(C6)CC5C7)ccc43)c2)cc1. The van der Waals surface area contributed by atoms with Gasteiger partial charge in [0.1, 0.15) is 0 Å². The minimum Gasteiger partial charge on any atom is -0.309 e. The predicted molar refractivity (Wildman–Crippen MR) is 249 cm³/mol. The number of nitrogens with zero attached hydrogens (tertiary/aromatic N) is 2. The number of benzene rings is 8. The summed E-state index contributed by atoms with van der Waals surface area (Å²) in [6, 6.07) is 68.7. The average molecular weight is 769 g/mol. The van der Waals surface area contributed by atoms with E-state index in [1.54, 1.807) is 11.1 Å². The number of aromatic nitrogens is 2. The monoisotopic (exact) mass is 768 g/mol. The molecule has 8 aromatic carbocycles. The Balaban J connectivity index is 0.904. The topological polar surface area (TPSA) is 9.86 Å². The zero-order valence-corrected chi connectivity index (χ0v) is 33.6. The van der Waals surface area contributed by atoms with Crippen LogP contribution in [0, 0.1) is 23.7 Å². The van der Waals surface area contributed by atoms with Crippen LogP contribution in [-0.4, -0.2) is 9.13 Å². The van der Waals surface area contributed by atoms with Crippen molar-refractivity contribution in [2.45, 2.75) is 37.5 Å². The van der Waals surface area contributed by atoms with E-state index in [4.69, 9.17) is 0 Å². The maximum atomic E-state index is 2.56. The van der Waals surface area contributed by atoms with E-state index in [2.05, 4.69) is 191 Å². The Morgan fingerprint density at radius 3 is 1.52 bits per heavy atom. The van der Waals surface area contributed by atoms with Gasteiger partial charge in [-0.15, -0.1) is 0 Å². The molecule has 10 aromatic rings. The van der Waals surface area contributed by atoms with Crippen LogP contribution < -0.4 is 0 Å². The molecular weight excluding hydrogens is 725 g/mol. The first-order valence-electron chi connectivity index (χ1n) is 22.2. The Hall–Kier alpha value is -6.64. The molecule has 0 amide bonds. The number of rotatable bonds is 4. The van der Waals surface area contributed by atoms with Gasteiger partial charge in [-0.05, 0) is 161 Å². The first-order chi connectivity index (χ1) is 29.7. The van der Waals surface area contributed by atoms with Gasteiger partial charge in [0.2, 0.25) is 0 Å². The molecule has 0 unspecified atom stereocenters. The van der Waals surface area contributed by atoms with Gasteiger partial charge in [-0.25, -0.2) is 0 Å². The molecule has 0 atom stereocenters. The van der Waals surface area contributed by atoms with E-state index < -0.39 is 0 Å². The molecule has 2 heteroatoms. The van der Waals surface area contributed by atoms with E-state index in [-0.39, 0.29) is 5.41 Å². The van der Waals surface area contributed by atoms with E-state index >= 15 is 0 Å². The number of hydrogen-bond acceptors (Lipinski definition) is 0. The van der Waals surface area contributed by atoms with Crippen molar-refractivity contribution in [3.63, 3.8) is 0 Å². The average Bonchev–Trinajstić information content (AvgIpc) is 3.92. The highest BCUT2D eigenvalue weighted by Gasteiger charge is 2.61. The molecule has 1 spiro atoms. The van der Waals surface area contributed by atoms with Gasteiger partial charge in [-0.3, -0.25) is 0 Å². The van der Waals surface area contributed by atoms with Gasteiger partial charge in [0, 0.05) is 38.3 Å². The molecule has 4 fully saturated rings. The summed E-state index contributed by atoms with van der Waals surface area (Å²) in [5.74, 6) is 3.44. The van der Waals surface area contributed by atoms with Gasteiger partial charge in [-0.1, -0.05) is 121 Å². The second kappa shape index (κ2) is 12.2. The van der Waals surface area contributed by atoms with Crippen molar-refractivity contribution >= 4 is 43.6 Å². The lowest BCUT2D eigenvalue weighted by atomic mass is 9.43. The van der Waals surface area contributed by atoms with Crippen LogP contribution in [0.5, 0.6) is 0 Å². The van der Waals surface area contributed by atoms with Crippen molar-refractivity contribution < 1.29 is 0 Å². The molecule has 15 rings (SSSR count). The molecule has 60 heavy (non-hydrogen) atoms. The van der Waals surface area contributed by atoms with Crippen molar-refractivity contribution in [1.29, 1.82) is 0 Å².